The van der Waals surface area contributed by atoms with Gasteiger partial charge in [0.25, 0.3) is 0 Å². The van der Waals surface area contributed by atoms with E-state index in [0.717, 1.165) is 42.4 Å². The number of carbonyl (C=O) groups is 1. The number of rotatable bonds is 6. The fourth-order valence-corrected chi connectivity index (χ4v) is 3.95. The molecule has 2 aliphatic heterocycles. The first-order valence-electron chi connectivity index (χ1n) is 10.4. The van der Waals surface area contributed by atoms with Gasteiger partial charge in [-0.1, -0.05) is 18.2 Å². The molecule has 1 saturated heterocycles. The predicted octanol–water partition coefficient (Wildman–Crippen LogP) is 3.00. The highest BCUT2D eigenvalue weighted by atomic mass is 16.6. The quantitative estimate of drug-likeness (QED) is 0.792. The molecule has 160 valence electrons. The maximum atomic E-state index is 12.5. The van der Waals surface area contributed by atoms with Crippen LogP contribution in [-0.2, 0) is 0 Å². The summed E-state index contributed by atoms with van der Waals surface area (Å²) in [6, 6.07) is 15.6. The van der Waals surface area contributed by atoms with E-state index < -0.39 is 0 Å². The zero-order chi connectivity index (χ0) is 20.9. The molecule has 7 heteroatoms. The Balaban J connectivity index is 1.22. The molecule has 2 aromatic rings. The van der Waals surface area contributed by atoms with Crippen LogP contribution >= 0.6 is 0 Å². The summed E-state index contributed by atoms with van der Waals surface area (Å²) in [4.78, 5) is 16.5. The third kappa shape index (κ3) is 4.72. The lowest BCUT2D eigenvalue weighted by molar-refractivity contribution is 0.0715. The van der Waals surface area contributed by atoms with Crippen LogP contribution < -0.4 is 24.4 Å². The van der Waals surface area contributed by atoms with Crippen LogP contribution in [0.15, 0.2) is 48.5 Å². The van der Waals surface area contributed by atoms with Crippen molar-refractivity contribution in [2.24, 2.45) is 5.92 Å². The van der Waals surface area contributed by atoms with Gasteiger partial charge >= 0.3 is 6.03 Å². The Labute approximate surface area is 177 Å². The van der Waals surface area contributed by atoms with Crippen molar-refractivity contribution < 1.29 is 19.0 Å². The second-order valence-corrected chi connectivity index (χ2v) is 7.87. The first kappa shape index (κ1) is 20.2. The first-order valence-corrected chi connectivity index (χ1v) is 10.4. The van der Waals surface area contributed by atoms with Gasteiger partial charge in [0.2, 0.25) is 0 Å². The average Bonchev–Trinajstić information content (AvgIpc) is 3.26. The summed E-state index contributed by atoms with van der Waals surface area (Å²) in [6.07, 6.45) is 0.878. The highest BCUT2D eigenvalue weighted by molar-refractivity contribution is 5.73. The van der Waals surface area contributed by atoms with Crippen molar-refractivity contribution in [1.82, 2.24) is 10.2 Å². The number of benzene rings is 2. The van der Waals surface area contributed by atoms with Gasteiger partial charge in [-0.2, -0.15) is 0 Å². The molecule has 2 aromatic carbocycles. The normalized spacial score (nSPS) is 20.0. The number of anilines is 1. The Hall–Kier alpha value is -3.09. The van der Waals surface area contributed by atoms with E-state index in [1.807, 2.05) is 36.4 Å². The van der Waals surface area contributed by atoms with Crippen molar-refractivity contribution in [3.8, 4) is 17.2 Å². The Morgan fingerprint density at radius 2 is 2.07 bits per heavy atom. The van der Waals surface area contributed by atoms with Gasteiger partial charge in [0.15, 0.2) is 17.6 Å². The lowest BCUT2D eigenvalue weighted by Gasteiger charge is -2.29. The molecule has 2 aliphatic rings. The molecule has 2 atom stereocenters. The summed E-state index contributed by atoms with van der Waals surface area (Å²) >= 11 is 0. The molecule has 0 spiro atoms. The van der Waals surface area contributed by atoms with Crippen molar-refractivity contribution in [2.45, 2.75) is 12.5 Å². The van der Waals surface area contributed by atoms with Crippen LogP contribution in [0.1, 0.15) is 6.42 Å². The monoisotopic (exact) mass is 411 g/mol. The Kier molecular flexibility index (Phi) is 6.16. The predicted molar refractivity (Wildman–Crippen MR) is 116 cm³/mol. The molecule has 2 amide bonds. The fourth-order valence-electron chi connectivity index (χ4n) is 3.95. The number of likely N-dealkylation sites (N-methyl/N-ethyl adjacent to an activating group) is 1. The van der Waals surface area contributed by atoms with Crippen LogP contribution in [0, 0.1) is 5.92 Å². The Morgan fingerprint density at radius 1 is 1.23 bits per heavy atom. The summed E-state index contributed by atoms with van der Waals surface area (Å²) in [5.74, 6) is 2.77. The van der Waals surface area contributed by atoms with Crippen molar-refractivity contribution >= 4 is 11.7 Å². The van der Waals surface area contributed by atoms with Gasteiger partial charge in [-0.05, 0) is 36.6 Å². The molecular weight excluding hydrogens is 382 g/mol. The number of ether oxygens (including phenoxy) is 3. The molecule has 0 saturated carbocycles. The van der Waals surface area contributed by atoms with Crippen LogP contribution in [0.3, 0.4) is 0 Å². The number of fused-ring (bicyclic) bond motifs is 1. The van der Waals surface area contributed by atoms with Gasteiger partial charge < -0.3 is 29.3 Å². The van der Waals surface area contributed by atoms with Gasteiger partial charge in [0, 0.05) is 38.4 Å². The van der Waals surface area contributed by atoms with Gasteiger partial charge in [-0.25, -0.2) is 4.79 Å². The molecule has 30 heavy (non-hydrogen) atoms. The lowest BCUT2D eigenvalue weighted by atomic mass is 10.1. The number of carbonyl (C=O) groups excluding carboxylic acids is 1. The van der Waals surface area contributed by atoms with Crippen molar-refractivity contribution in [3.63, 3.8) is 0 Å². The topological polar surface area (TPSA) is 63.3 Å². The zero-order valence-electron chi connectivity index (χ0n) is 17.5. The molecule has 7 nitrogen and oxygen atoms in total. The highest BCUT2D eigenvalue weighted by Crippen LogP contribution is 2.31. The van der Waals surface area contributed by atoms with Crippen LogP contribution in [0.4, 0.5) is 10.5 Å². The maximum absolute atomic E-state index is 12.5. The number of amides is 2. The number of methoxy groups -OCH3 is 1. The van der Waals surface area contributed by atoms with Crippen LogP contribution in [0.2, 0.25) is 0 Å². The van der Waals surface area contributed by atoms with E-state index in [2.05, 4.69) is 22.3 Å². The number of hydrogen-bond donors (Lipinski definition) is 1. The minimum Gasteiger partial charge on any atom is -0.497 e. The van der Waals surface area contributed by atoms with E-state index >= 15 is 0 Å². The molecule has 0 aromatic heterocycles. The van der Waals surface area contributed by atoms with E-state index in [9.17, 15) is 4.79 Å². The number of nitrogens with zero attached hydrogens (tertiary/aromatic N) is 2. The van der Waals surface area contributed by atoms with E-state index in [-0.39, 0.29) is 12.1 Å². The molecule has 1 fully saturated rings. The van der Waals surface area contributed by atoms with Gasteiger partial charge in [-0.3, -0.25) is 0 Å². The largest absolute Gasteiger partial charge is 0.497 e. The minimum atomic E-state index is -0.175. The molecule has 0 aliphatic carbocycles. The van der Waals surface area contributed by atoms with Crippen LogP contribution in [0.25, 0.3) is 0 Å². The van der Waals surface area contributed by atoms with Crippen molar-refractivity contribution in [2.75, 3.05) is 51.8 Å². The fraction of sp³-hybridized carbons (Fsp3) is 0.435. The number of urea groups is 1. The standard InChI is InChI=1S/C23H29N3O4/c1-25(15-20-16-29-21-8-3-4-9-22(21)30-20)23(27)24-13-17-10-11-26(14-17)18-6-5-7-19(12-18)28-2/h3-9,12,17,20H,10-11,13-16H2,1-2H3,(H,24,27). The van der Waals surface area contributed by atoms with Gasteiger partial charge in [0.1, 0.15) is 12.4 Å². The lowest BCUT2D eigenvalue weighted by Crippen LogP contribution is -2.46. The Morgan fingerprint density at radius 3 is 2.90 bits per heavy atom. The summed E-state index contributed by atoms with van der Waals surface area (Å²) in [7, 11) is 3.47. The van der Waals surface area contributed by atoms with Gasteiger partial charge in [-0.15, -0.1) is 0 Å². The SMILES string of the molecule is COc1cccc(N2CCC(CNC(=O)N(C)CC3COc4ccccc4O3)C2)c1. The third-order valence-corrected chi connectivity index (χ3v) is 5.64. The molecule has 2 heterocycles. The number of hydrogen-bond acceptors (Lipinski definition) is 5. The molecule has 1 N–H and O–H groups in total. The Bertz CT molecular complexity index is 875. The molecule has 0 bridgehead atoms. The minimum absolute atomic E-state index is 0.0858. The maximum Gasteiger partial charge on any atom is 0.317 e. The summed E-state index contributed by atoms with van der Waals surface area (Å²) < 4.78 is 17.0. The number of nitrogens with one attached hydrogen (secondary N) is 1. The zero-order valence-corrected chi connectivity index (χ0v) is 17.5. The average molecular weight is 412 g/mol. The van der Waals surface area contributed by atoms with Gasteiger partial charge in [0.05, 0.1) is 13.7 Å². The summed E-state index contributed by atoms with van der Waals surface area (Å²) in [5.41, 5.74) is 1.16. The van der Waals surface area contributed by atoms with E-state index in [0.29, 0.717) is 25.6 Å². The third-order valence-electron chi connectivity index (χ3n) is 5.64. The molecule has 4 rings (SSSR count). The molecule has 0 radical (unpaired) electrons. The molecular formula is C23H29N3O4. The second kappa shape index (κ2) is 9.15. The summed E-state index contributed by atoms with van der Waals surface area (Å²) in [5, 5.41) is 3.07. The van der Waals surface area contributed by atoms with E-state index in [1.54, 1.807) is 19.1 Å². The highest BCUT2D eigenvalue weighted by Gasteiger charge is 2.26. The van der Waals surface area contributed by atoms with Crippen LogP contribution in [0.5, 0.6) is 17.2 Å². The summed E-state index contributed by atoms with van der Waals surface area (Å²) in [6.45, 7) is 3.48. The first-order chi connectivity index (χ1) is 14.6. The molecule has 2 unspecified atom stereocenters. The van der Waals surface area contributed by atoms with Crippen LogP contribution in [-0.4, -0.2) is 64.0 Å². The van der Waals surface area contributed by atoms with Crippen molar-refractivity contribution in [3.05, 3.63) is 48.5 Å². The van der Waals surface area contributed by atoms with E-state index in [4.69, 9.17) is 14.2 Å². The second-order valence-electron chi connectivity index (χ2n) is 7.87. The number of para-hydroxylation sites is 2. The smallest absolute Gasteiger partial charge is 0.317 e. The van der Waals surface area contributed by atoms with E-state index in [1.165, 1.54) is 0 Å². The van der Waals surface area contributed by atoms with Crippen molar-refractivity contribution in [1.29, 1.82) is 0 Å².